The standard InChI is InChI=1S/C8H8BrN3OS.ClH/c1-4(10)8-11-7(12-13-8)6-2-5(9)3-14-6;/h2-4H,10H2,1H3;1H/t4-;/m0./s1. The smallest absolute Gasteiger partial charge is 0.243 e. The van der Waals surface area contributed by atoms with Gasteiger partial charge < -0.3 is 10.3 Å². The van der Waals surface area contributed by atoms with E-state index in [0.29, 0.717) is 11.7 Å². The van der Waals surface area contributed by atoms with Crippen LogP contribution < -0.4 is 5.73 Å². The zero-order valence-electron chi connectivity index (χ0n) is 7.81. The van der Waals surface area contributed by atoms with Gasteiger partial charge in [-0.25, -0.2) is 0 Å². The van der Waals surface area contributed by atoms with Gasteiger partial charge in [0.25, 0.3) is 0 Å². The molecule has 0 radical (unpaired) electrons. The van der Waals surface area contributed by atoms with Gasteiger partial charge in [-0.1, -0.05) is 5.16 Å². The fourth-order valence-corrected chi connectivity index (χ4v) is 2.30. The molecule has 2 aromatic rings. The normalized spacial score (nSPS) is 12.2. The van der Waals surface area contributed by atoms with E-state index >= 15 is 0 Å². The lowest BCUT2D eigenvalue weighted by Crippen LogP contribution is -2.04. The molecule has 0 amide bonds. The van der Waals surface area contributed by atoms with Crippen molar-refractivity contribution in [3.8, 4) is 10.7 Å². The molecule has 1 atom stereocenters. The maximum absolute atomic E-state index is 5.61. The molecule has 0 aliphatic carbocycles. The second kappa shape index (κ2) is 5.07. The molecule has 0 aromatic carbocycles. The van der Waals surface area contributed by atoms with Crippen LogP contribution in [-0.4, -0.2) is 10.1 Å². The largest absolute Gasteiger partial charge is 0.337 e. The minimum absolute atomic E-state index is 0. The maximum atomic E-state index is 5.61. The third kappa shape index (κ3) is 2.78. The molecule has 0 bridgehead atoms. The van der Waals surface area contributed by atoms with Crippen LogP contribution in [0.25, 0.3) is 10.7 Å². The number of aromatic nitrogens is 2. The van der Waals surface area contributed by atoms with E-state index in [1.165, 1.54) is 0 Å². The lowest BCUT2D eigenvalue weighted by atomic mass is 10.4. The summed E-state index contributed by atoms with van der Waals surface area (Å²) in [4.78, 5) is 5.15. The molecule has 0 aliphatic heterocycles. The van der Waals surface area contributed by atoms with Gasteiger partial charge in [0.2, 0.25) is 11.7 Å². The molecule has 0 saturated heterocycles. The average molecular weight is 311 g/mol. The topological polar surface area (TPSA) is 64.9 Å². The van der Waals surface area contributed by atoms with Gasteiger partial charge in [0.05, 0.1) is 10.9 Å². The second-order valence-electron chi connectivity index (χ2n) is 2.87. The Labute approximate surface area is 105 Å². The highest BCUT2D eigenvalue weighted by molar-refractivity contribution is 9.10. The summed E-state index contributed by atoms with van der Waals surface area (Å²) in [5.41, 5.74) is 5.61. The van der Waals surface area contributed by atoms with Crippen molar-refractivity contribution in [2.24, 2.45) is 5.73 Å². The van der Waals surface area contributed by atoms with Crippen molar-refractivity contribution in [1.29, 1.82) is 0 Å². The molecule has 82 valence electrons. The predicted octanol–water partition coefficient (Wildman–Crippen LogP) is 3.00. The number of hydrogen-bond acceptors (Lipinski definition) is 5. The highest BCUT2D eigenvalue weighted by Gasteiger charge is 2.12. The number of thiophene rings is 1. The zero-order valence-corrected chi connectivity index (χ0v) is 11.0. The monoisotopic (exact) mass is 309 g/mol. The van der Waals surface area contributed by atoms with Gasteiger partial charge in [0.15, 0.2) is 0 Å². The van der Waals surface area contributed by atoms with E-state index < -0.39 is 0 Å². The fourth-order valence-electron chi connectivity index (χ4n) is 0.951. The van der Waals surface area contributed by atoms with Crippen LogP contribution in [0.1, 0.15) is 18.9 Å². The molecule has 2 aromatic heterocycles. The van der Waals surface area contributed by atoms with Gasteiger partial charge in [0.1, 0.15) is 0 Å². The van der Waals surface area contributed by atoms with E-state index in [4.69, 9.17) is 10.3 Å². The first-order valence-corrected chi connectivity index (χ1v) is 5.67. The number of nitrogens with zero attached hydrogens (tertiary/aromatic N) is 2. The highest BCUT2D eigenvalue weighted by atomic mass is 79.9. The van der Waals surface area contributed by atoms with Gasteiger partial charge in [-0.3, -0.25) is 0 Å². The van der Waals surface area contributed by atoms with Crippen molar-refractivity contribution < 1.29 is 4.52 Å². The van der Waals surface area contributed by atoms with Crippen LogP contribution in [0, 0.1) is 0 Å². The molecule has 0 unspecified atom stereocenters. The third-order valence-corrected chi connectivity index (χ3v) is 3.31. The molecular formula is C8H9BrClN3OS. The summed E-state index contributed by atoms with van der Waals surface area (Å²) in [7, 11) is 0. The van der Waals surface area contributed by atoms with Crippen molar-refractivity contribution in [2.45, 2.75) is 13.0 Å². The molecule has 2 heterocycles. The van der Waals surface area contributed by atoms with Crippen LogP contribution in [0.5, 0.6) is 0 Å². The summed E-state index contributed by atoms with van der Waals surface area (Å²) in [6.07, 6.45) is 0. The Morgan fingerprint density at radius 3 is 2.80 bits per heavy atom. The van der Waals surface area contributed by atoms with Crippen molar-refractivity contribution in [3.63, 3.8) is 0 Å². The quantitative estimate of drug-likeness (QED) is 0.926. The molecule has 0 fully saturated rings. The Morgan fingerprint density at radius 2 is 2.33 bits per heavy atom. The zero-order chi connectivity index (χ0) is 10.1. The Morgan fingerprint density at radius 1 is 1.60 bits per heavy atom. The first-order chi connectivity index (χ1) is 6.66. The van der Waals surface area contributed by atoms with Crippen LogP contribution in [0.3, 0.4) is 0 Å². The maximum Gasteiger partial charge on any atom is 0.243 e. The molecular weight excluding hydrogens is 302 g/mol. The number of nitrogens with two attached hydrogens (primary N) is 1. The lowest BCUT2D eigenvalue weighted by molar-refractivity contribution is 0.362. The number of rotatable bonds is 2. The van der Waals surface area contributed by atoms with Gasteiger partial charge in [-0.2, -0.15) is 4.98 Å². The molecule has 0 saturated carbocycles. The van der Waals surface area contributed by atoms with Crippen LogP contribution in [0.15, 0.2) is 20.4 Å². The van der Waals surface area contributed by atoms with Gasteiger partial charge >= 0.3 is 0 Å². The van der Waals surface area contributed by atoms with Crippen LogP contribution >= 0.6 is 39.7 Å². The average Bonchev–Trinajstić information content (AvgIpc) is 2.70. The summed E-state index contributed by atoms with van der Waals surface area (Å²) < 4.78 is 6.01. The van der Waals surface area contributed by atoms with E-state index in [0.717, 1.165) is 9.35 Å². The van der Waals surface area contributed by atoms with Gasteiger partial charge in [-0.15, -0.1) is 23.7 Å². The summed E-state index contributed by atoms with van der Waals surface area (Å²) in [6, 6.07) is 1.72. The minimum atomic E-state index is -0.223. The summed E-state index contributed by atoms with van der Waals surface area (Å²) in [6.45, 7) is 1.81. The minimum Gasteiger partial charge on any atom is -0.337 e. The molecule has 2 rings (SSSR count). The predicted molar refractivity (Wildman–Crippen MR) is 65.2 cm³/mol. The molecule has 2 N–H and O–H groups in total. The Bertz CT molecular complexity index is 443. The van der Waals surface area contributed by atoms with Crippen LogP contribution in [-0.2, 0) is 0 Å². The summed E-state index contributed by atoms with van der Waals surface area (Å²) >= 11 is 4.92. The lowest BCUT2D eigenvalue weighted by Gasteiger charge is -1.92. The first-order valence-electron chi connectivity index (χ1n) is 4.00. The van der Waals surface area contributed by atoms with E-state index in [9.17, 15) is 0 Å². The molecule has 0 aliphatic rings. The van der Waals surface area contributed by atoms with Crippen LogP contribution in [0.4, 0.5) is 0 Å². The van der Waals surface area contributed by atoms with Crippen molar-refractivity contribution >= 4 is 39.7 Å². The molecule has 7 heteroatoms. The Hall–Kier alpha value is -0.430. The fraction of sp³-hybridized carbons (Fsp3) is 0.250. The first kappa shape index (κ1) is 12.6. The Kier molecular flexibility index (Phi) is 4.27. The van der Waals surface area contributed by atoms with Gasteiger partial charge in [-0.05, 0) is 28.9 Å². The summed E-state index contributed by atoms with van der Waals surface area (Å²) in [5, 5.41) is 5.81. The Balaban J connectivity index is 0.00000112. The molecule has 4 nitrogen and oxygen atoms in total. The number of halogens is 2. The SMILES string of the molecule is C[C@H](N)c1nc(-c2cc(Br)cs2)no1.Cl. The van der Waals surface area contributed by atoms with Crippen molar-refractivity contribution in [3.05, 3.63) is 21.8 Å². The van der Waals surface area contributed by atoms with E-state index in [1.54, 1.807) is 11.3 Å². The van der Waals surface area contributed by atoms with Crippen LogP contribution in [0.2, 0.25) is 0 Å². The highest BCUT2D eigenvalue weighted by Crippen LogP contribution is 2.28. The molecule has 15 heavy (non-hydrogen) atoms. The van der Waals surface area contributed by atoms with Crippen molar-refractivity contribution in [1.82, 2.24) is 10.1 Å². The summed E-state index contributed by atoms with van der Waals surface area (Å²) in [5.74, 6) is 1.05. The van der Waals surface area contributed by atoms with E-state index in [1.807, 2.05) is 18.4 Å². The van der Waals surface area contributed by atoms with Crippen molar-refractivity contribution in [2.75, 3.05) is 0 Å². The van der Waals surface area contributed by atoms with E-state index in [-0.39, 0.29) is 18.4 Å². The molecule has 0 spiro atoms. The van der Waals surface area contributed by atoms with E-state index in [2.05, 4.69) is 26.1 Å². The van der Waals surface area contributed by atoms with Gasteiger partial charge in [0, 0.05) is 9.85 Å². The third-order valence-electron chi connectivity index (χ3n) is 1.62. The number of hydrogen-bond donors (Lipinski definition) is 1. The second-order valence-corrected chi connectivity index (χ2v) is 4.70.